The van der Waals surface area contributed by atoms with Crippen molar-refractivity contribution < 1.29 is 14.7 Å². The van der Waals surface area contributed by atoms with Crippen molar-refractivity contribution in [2.24, 2.45) is 11.8 Å². The molecule has 19 heavy (non-hydrogen) atoms. The summed E-state index contributed by atoms with van der Waals surface area (Å²) in [5.41, 5.74) is 0. The molecule has 1 aliphatic rings. The van der Waals surface area contributed by atoms with Crippen LogP contribution in [0.3, 0.4) is 0 Å². The van der Waals surface area contributed by atoms with E-state index in [1.165, 1.54) is 12.4 Å². The molecule has 0 saturated heterocycles. The number of anilines is 1. The van der Waals surface area contributed by atoms with Crippen molar-refractivity contribution in [3.05, 3.63) is 29.1 Å². The van der Waals surface area contributed by atoms with Crippen LogP contribution in [0, 0.1) is 11.8 Å². The standard InChI is InChI=1S/C12H12BrN3O3/c13-9-5-15-10(6-14-9)16-11(17)7-3-1-2-4-8(7)12(18)19/h1-2,5-8H,3-4H2,(H,18,19)(H,15,16,17). The summed E-state index contributed by atoms with van der Waals surface area (Å²) in [7, 11) is 0. The molecule has 1 aliphatic carbocycles. The van der Waals surface area contributed by atoms with Gasteiger partial charge in [-0.25, -0.2) is 9.97 Å². The van der Waals surface area contributed by atoms with E-state index in [1.807, 2.05) is 6.08 Å². The lowest BCUT2D eigenvalue weighted by atomic mass is 9.82. The molecule has 7 heteroatoms. The fourth-order valence-electron chi connectivity index (χ4n) is 1.97. The van der Waals surface area contributed by atoms with Gasteiger partial charge in [-0.1, -0.05) is 12.2 Å². The van der Waals surface area contributed by atoms with Crippen LogP contribution < -0.4 is 5.32 Å². The molecule has 1 aromatic heterocycles. The molecular weight excluding hydrogens is 314 g/mol. The molecule has 100 valence electrons. The molecule has 2 atom stereocenters. The average Bonchev–Trinajstić information content (AvgIpc) is 2.41. The first kappa shape index (κ1) is 13.7. The quantitative estimate of drug-likeness (QED) is 0.827. The number of rotatable bonds is 3. The minimum absolute atomic E-state index is 0.312. The number of carbonyl (C=O) groups is 2. The number of hydrogen-bond acceptors (Lipinski definition) is 4. The third kappa shape index (κ3) is 3.37. The molecule has 0 aromatic carbocycles. The van der Waals surface area contributed by atoms with Crippen LogP contribution in [0.25, 0.3) is 0 Å². The number of aromatic nitrogens is 2. The highest BCUT2D eigenvalue weighted by molar-refractivity contribution is 9.10. The summed E-state index contributed by atoms with van der Waals surface area (Å²) in [6, 6.07) is 0. The molecule has 0 radical (unpaired) electrons. The Morgan fingerprint density at radius 1 is 1.21 bits per heavy atom. The van der Waals surface area contributed by atoms with Crippen molar-refractivity contribution in [1.82, 2.24) is 9.97 Å². The zero-order valence-electron chi connectivity index (χ0n) is 9.91. The zero-order chi connectivity index (χ0) is 13.8. The van der Waals surface area contributed by atoms with Gasteiger partial charge in [-0.3, -0.25) is 9.59 Å². The van der Waals surface area contributed by atoms with Crippen LogP contribution in [0.1, 0.15) is 12.8 Å². The van der Waals surface area contributed by atoms with Gasteiger partial charge in [0, 0.05) is 0 Å². The van der Waals surface area contributed by atoms with Crippen molar-refractivity contribution in [2.45, 2.75) is 12.8 Å². The van der Waals surface area contributed by atoms with Crippen molar-refractivity contribution in [3.63, 3.8) is 0 Å². The van der Waals surface area contributed by atoms with E-state index in [2.05, 4.69) is 31.2 Å². The third-order valence-electron chi connectivity index (χ3n) is 2.96. The van der Waals surface area contributed by atoms with Gasteiger partial charge in [-0.05, 0) is 28.8 Å². The minimum Gasteiger partial charge on any atom is -0.481 e. The van der Waals surface area contributed by atoms with E-state index < -0.39 is 17.8 Å². The number of allylic oxidation sites excluding steroid dienone is 2. The number of halogens is 1. The van der Waals surface area contributed by atoms with Gasteiger partial charge >= 0.3 is 5.97 Å². The number of nitrogens with zero attached hydrogens (tertiary/aromatic N) is 2. The topological polar surface area (TPSA) is 92.2 Å². The number of aliphatic carboxylic acids is 1. The van der Waals surface area contributed by atoms with E-state index in [4.69, 9.17) is 5.11 Å². The highest BCUT2D eigenvalue weighted by Gasteiger charge is 2.34. The lowest BCUT2D eigenvalue weighted by molar-refractivity contribution is -0.146. The predicted octanol–water partition coefficient (Wildman–Crippen LogP) is 1.84. The van der Waals surface area contributed by atoms with Gasteiger partial charge in [0.15, 0.2) is 5.82 Å². The molecular formula is C12H12BrN3O3. The third-order valence-corrected chi connectivity index (χ3v) is 3.37. The van der Waals surface area contributed by atoms with E-state index >= 15 is 0 Å². The average molecular weight is 326 g/mol. The smallest absolute Gasteiger partial charge is 0.307 e. The van der Waals surface area contributed by atoms with Crippen molar-refractivity contribution in [2.75, 3.05) is 5.32 Å². The van der Waals surface area contributed by atoms with E-state index in [-0.39, 0.29) is 5.91 Å². The Labute approximate surface area is 118 Å². The van der Waals surface area contributed by atoms with Gasteiger partial charge < -0.3 is 10.4 Å². The van der Waals surface area contributed by atoms with Crippen LogP contribution in [0.5, 0.6) is 0 Å². The van der Waals surface area contributed by atoms with Gasteiger partial charge in [0.25, 0.3) is 0 Å². The minimum atomic E-state index is -0.952. The van der Waals surface area contributed by atoms with Crippen LogP contribution in [0.15, 0.2) is 29.1 Å². The number of nitrogens with one attached hydrogen (secondary N) is 1. The fraction of sp³-hybridized carbons (Fsp3) is 0.333. The van der Waals surface area contributed by atoms with Crippen molar-refractivity contribution in [3.8, 4) is 0 Å². The van der Waals surface area contributed by atoms with Crippen LogP contribution in [-0.2, 0) is 9.59 Å². The molecule has 0 bridgehead atoms. The van der Waals surface area contributed by atoms with Gasteiger partial charge in [0.1, 0.15) is 4.60 Å². The summed E-state index contributed by atoms with van der Waals surface area (Å²) in [5.74, 6) is -2.24. The highest BCUT2D eigenvalue weighted by atomic mass is 79.9. The molecule has 2 N–H and O–H groups in total. The lowest BCUT2D eigenvalue weighted by Gasteiger charge is -2.23. The van der Waals surface area contributed by atoms with Crippen molar-refractivity contribution in [1.29, 1.82) is 0 Å². The van der Waals surface area contributed by atoms with Gasteiger partial charge in [-0.2, -0.15) is 0 Å². The molecule has 0 aliphatic heterocycles. The molecule has 0 spiro atoms. The van der Waals surface area contributed by atoms with E-state index in [0.717, 1.165) is 0 Å². The summed E-state index contributed by atoms with van der Waals surface area (Å²) >= 11 is 3.14. The normalized spacial score (nSPS) is 21.9. The predicted molar refractivity (Wildman–Crippen MR) is 71.4 cm³/mol. The van der Waals surface area contributed by atoms with E-state index in [9.17, 15) is 9.59 Å². The monoisotopic (exact) mass is 325 g/mol. The van der Waals surface area contributed by atoms with Crippen LogP contribution in [-0.4, -0.2) is 27.0 Å². The summed E-state index contributed by atoms with van der Waals surface area (Å²) in [6.07, 6.45) is 7.30. The number of carboxylic acid groups (broad SMARTS) is 1. The molecule has 1 amide bonds. The molecule has 2 rings (SSSR count). The summed E-state index contributed by atoms with van der Waals surface area (Å²) in [6.45, 7) is 0. The Balaban J connectivity index is 2.08. The highest BCUT2D eigenvalue weighted by Crippen LogP contribution is 2.26. The summed E-state index contributed by atoms with van der Waals surface area (Å²) in [4.78, 5) is 31.1. The Morgan fingerprint density at radius 3 is 2.47 bits per heavy atom. The second-order valence-corrected chi connectivity index (χ2v) is 5.02. The van der Waals surface area contributed by atoms with Crippen LogP contribution in [0.4, 0.5) is 5.82 Å². The first-order valence-corrected chi connectivity index (χ1v) is 6.53. The Morgan fingerprint density at radius 2 is 1.89 bits per heavy atom. The maximum Gasteiger partial charge on any atom is 0.307 e. The molecule has 2 unspecified atom stereocenters. The van der Waals surface area contributed by atoms with Crippen LogP contribution >= 0.6 is 15.9 Å². The first-order valence-electron chi connectivity index (χ1n) is 5.74. The van der Waals surface area contributed by atoms with E-state index in [0.29, 0.717) is 23.3 Å². The number of carboxylic acids is 1. The molecule has 0 saturated carbocycles. The van der Waals surface area contributed by atoms with Crippen LogP contribution in [0.2, 0.25) is 0 Å². The van der Waals surface area contributed by atoms with Gasteiger partial charge in [0.05, 0.1) is 24.2 Å². The first-order chi connectivity index (χ1) is 9.08. The number of amides is 1. The van der Waals surface area contributed by atoms with E-state index in [1.54, 1.807) is 6.08 Å². The SMILES string of the molecule is O=C(O)C1CC=CCC1C(=O)Nc1cnc(Br)cn1. The number of hydrogen-bond donors (Lipinski definition) is 2. The Hall–Kier alpha value is -1.76. The molecule has 0 fully saturated rings. The fourth-order valence-corrected chi connectivity index (χ4v) is 2.18. The van der Waals surface area contributed by atoms with Crippen molar-refractivity contribution >= 4 is 33.6 Å². The molecule has 1 aromatic rings. The molecule has 6 nitrogen and oxygen atoms in total. The zero-order valence-corrected chi connectivity index (χ0v) is 11.5. The Bertz CT molecular complexity index is 515. The lowest BCUT2D eigenvalue weighted by Crippen LogP contribution is -2.34. The van der Waals surface area contributed by atoms with Gasteiger partial charge in [-0.15, -0.1) is 0 Å². The maximum atomic E-state index is 12.1. The Kier molecular flexibility index (Phi) is 4.26. The summed E-state index contributed by atoms with van der Waals surface area (Å²) < 4.78 is 0.564. The largest absolute Gasteiger partial charge is 0.481 e. The summed E-state index contributed by atoms with van der Waals surface area (Å²) in [5, 5.41) is 11.7. The second-order valence-electron chi connectivity index (χ2n) is 4.21. The van der Waals surface area contributed by atoms with Gasteiger partial charge in [0.2, 0.25) is 5.91 Å². The maximum absolute atomic E-state index is 12.1. The molecule has 1 heterocycles. The number of carbonyl (C=O) groups excluding carboxylic acids is 1. The second kappa shape index (κ2) is 5.92.